The summed E-state index contributed by atoms with van der Waals surface area (Å²) < 4.78 is 10.3. The van der Waals surface area contributed by atoms with Crippen LogP contribution in [0.1, 0.15) is 32.1 Å². The maximum Gasteiger partial charge on any atom is 0.239 e. The topological polar surface area (TPSA) is 18.5 Å². The first-order valence-corrected chi connectivity index (χ1v) is 5.57. The first-order valence-electron chi connectivity index (χ1n) is 4.45. The molecule has 0 N–H and O–H groups in total. The Balaban J connectivity index is 1.82. The molecule has 0 spiro atoms. The lowest BCUT2D eigenvalue weighted by atomic mass is 10.1. The molecule has 0 aromatic carbocycles. The maximum atomic E-state index is 5.15. The van der Waals surface area contributed by atoms with E-state index in [9.17, 15) is 0 Å². The van der Waals surface area contributed by atoms with Gasteiger partial charge in [0.25, 0.3) is 0 Å². The largest absolute Gasteiger partial charge is 0.459 e. The van der Waals surface area contributed by atoms with E-state index in [0.717, 1.165) is 11.8 Å². The zero-order valence-electron chi connectivity index (χ0n) is 7.17. The lowest BCUT2D eigenvalue weighted by molar-refractivity contribution is -0.0294. The van der Waals surface area contributed by atoms with Crippen LogP contribution in [0.15, 0.2) is 12.5 Å². The second-order valence-corrected chi connectivity index (χ2v) is 3.66. The predicted molar refractivity (Wildman–Crippen MR) is 52.0 cm³/mol. The summed E-state index contributed by atoms with van der Waals surface area (Å²) in [5.74, 6) is 0. The highest BCUT2D eigenvalue weighted by molar-refractivity contribution is 9.09. The molecule has 1 aliphatic rings. The monoisotopic (exact) mass is 234 g/mol. The predicted octanol–water partition coefficient (Wildman–Crippen LogP) is 3.18. The van der Waals surface area contributed by atoms with Crippen LogP contribution in [-0.2, 0) is 9.47 Å². The third kappa shape index (κ3) is 4.00. The van der Waals surface area contributed by atoms with Gasteiger partial charge in [0.15, 0.2) is 0 Å². The minimum absolute atomic E-state index is 0.00558. The Bertz CT molecular complexity index is 128. The van der Waals surface area contributed by atoms with E-state index >= 15 is 0 Å². The third-order valence-corrected chi connectivity index (χ3v) is 2.40. The molecule has 0 unspecified atom stereocenters. The summed E-state index contributed by atoms with van der Waals surface area (Å²) in [5.41, 5.74) is 0. The Morgan fingerprint density at radius 2 is 1.67 bits per heavy atom. The van der Waals surface area contributed by atoms with Crippen LogP contribution in [-0.4, -0.2) is 11.6 Å². The van der Waals surface area contributed by atoms with Gasteiger partial charge in [0, 0.05) is 11.8 Å². The Morgan fingerprint density at radius 1 is 1.00 bits per heavy atom. The summed E-state index contributed by atoms with van der Waals surface area (Å²) >= 11 is 3.41. The van der Waals surface area contributed by atoms with Gasteiger partial charge >= 0.3 is 0 Å². The number of ether oxygens (including phenoxy) is 2. The van der Waals surface area contributed by atoms with Crippen molar-refractivity contribution in [2.24, 2.45) is 0 Å². The number of unbranched alkanes of at least 4 members (excludes halogenated alkanes) is 3. The molecule has 0 radical (unpaired) electrons. The normalized spacial score (nSPS) is 16.1. The highest BCUT2D eigenvalue weighted by atomic mass is 79.9. The lowest BCUT2D eigenvalue weighted by Crippen LogP contribution is -2.06. The van der Waals surface area contributed by atoms with Gasteiger partial charge < -0.3 is 9.47 Å². The van der Waals surface area contributed by atoms with Crippen LogP contribution in [0.3, 0.4) is 0 Å². The SMILES string of the molecule is BrCCCCCCC1OC=CO1. The minimum atomic E-state index is -0.00558. The van der Waals surface area contributed by atoms with Crippen molar-refractivity contribution in [3.8, 4) is 0 Å². The van der Waals surface area contributed by atoms with Crippen LogP contribution < -0.4 is 0 Å². The van der Waals surface area contributed by atoms with E-state index in [1.54, 1.807) is 12.5 Å². The molecule has 70 valence electrons. The Hall–Kier alpha value is -0.180. The van der Waals surface area contributed by atoms with Crippen LogP contribution in [0.2, 0.25) is 0 Å². The van der Waals surface area contributed by atoms with Crippen molar-refractivity contribution in [1.29, 1.82) is 0 Å². The fourth-order valence-corrected chi connectivity index (χ4v) is 1.56. The van der Waals surface area contributed by atoms with Crippen molar-refractivity contribution in [1.82, 2.24) is 0 Å². The molecule has 3 heteroatoms. The number of hydrogen-bond acceptors (Lipinski definition) is 2. The Morgan fingerprint density at radius 3 is 2.33 bits per heavy atom. The summed E-state index contributed by atoms with van der Waals surface area (Å²) in [7, 11) is 0. The van der Waals surface area contributed by atoms with Crippen molar-refractivity contribution < 1.29 is 9.47 Å². The van der Waals surface area contributed by atoms with Crippen LogP contribution in [0.4, 0.5) is 0 Å². The first kappa shape index (κ1) is 9.90. The molecule has 0 saturated heterocycles. The van der Waals surface area contributed by atoms with Gasteiger partial charge in [-0.1, -0.05) is 28.8 Å². The van der Waals surface area contributed by atoms with Gasteiger partial charge in [0.05, 0.1) is 0 Å². The number of halogens is 1. The molecule has 1 heterocycles. The van der Waals surface area contributed by atoms with E-state index in [4.69, 9.17) is 9.47 Å². The summed E-state index contributed by atoms with van der Waals surface area (Å²) in [4.78, 5) is 0. The molecule has 0 amide bonds. The average Bonchev–Trinajstić information content (AvgIpc) is 2.57. The molecule has 2 nitrogen and oxygen atoms in total. The minimum Gasteiger partial charge on any atom is -0.459 e. The lowest BCUT2D eigenvalue weighted by Gasteiger charge is -2.08. The maximum absolute atomic E-state index is 5.15. The van der Waals surface area contributed by atoms with Crippen LogP contribution in [0.25, 0.3) is 0 Å². The standard InChI is InChI=1S/C9H15BrO2/c10-6-4-2-1-3-5-9-11-7-8-12-9/h7-9H,1-6H2. The van der Waals surface area contributed by atoms with E-state index in [0.29, 0.717) is 0 Å². The zero-order valence-corrected chi connectivity index (χ0v) is 8.76. The second-order valence-electron chi connectivity index (χ2n) is 2.87. The Kier molecular flexibility index (Phi) is 5.24. The fourth-order valence-electron chi connectivity index (χ4n) is 1.17. The van der Waals surface area contributed by atoms with Gasteiger partial charge in [0.2, 0.25) is 6.29 Å². The summed E-state index contributed by atoms with van der Waals surface area (Å²) in [6.07, 6.45) is 9.26. The molecule has 1 rings (SSSR count). The zero-order chi connectivity index (χ0) is 8.65. The van der Waals surface area contributed by atoms with Gasteiger partial charge in [-0.3, -0.25) is 0 Å². The Labute approximate surface area is 82.1 Å². The molecule has 0 aromatic rings. The molecule has 0 bridgehead atoms. The highest BCUT2D eigenvalue weighted by Crippen LogP contribution is 2.13. The molecular weight excluding hydrogens is 220 g/mol. The number of alkyl halides is 1. The highest BCUT2D eigenvalue weighted by Gasteiger charge is 2.10. The van der Waals surface area contributed by atoms with Gasteiger partial charge in [-0.05, 0) is 12.8 Å². The van der Waals surface area contributed by atoms with E-state index in [1.807, 2.05) is 0 Å². The van der Waals surface area contributed by atoms with E-state index in [1.165, 1.54) is 25.7 Å². The third-order valence-electron chi connectivity index (χ3n) is 1.84. The van der Waals surface area contributed by atoms with Gasteiger partial charge in [-0.2, -0.15) is 0 Å². The van der Waals surface area contributed by atoms with Gasteiger partial charge in [0.1, 0.15) is 12.5 Å². The molecule has 0 fully saturated rings. The van der Waals surface area contributed by atoms with E-state index in [-0.39, 0.29) is 6.29 Å². The van der Waals surface area contributed by atoms with E-state index < -0.39 is 0 Å². The van der Waals surface area contributed by atoms with Crippen molar-refractivity contribution in [3.05, 3.63) is 12.5 Å². The van der Waals surface area contributed by atoms with E-state index in [2.05, 4.69) is 15.9 Å². The van der Waals surface area contributed by atoms with Gasteiger partial charge in [-0.15, -0.1) is 0 Å². The van der Waals surface area contributed by atoms with Crippen LogP contribution >= 0.6 is 15.9 Å². The average molecular weight is 235 g/mol. The number of hydrogen-bond donors (Lipinski definition) is 0. The number of rotatable bonds is 6. The molecule has 1 aliphatic heterocycles. The van der Waals surface area contributed by atoms with Crippen LogP contribution in [0, 0.1) is 0 Å². The van der Waals surface area contributed by atoms with Crippen LogP contribution in [0.5, 0.6) is 0 Å². The summed E-state index contributed by atoms with van der Waals surface area (Å²) in [6.45, 7) is 0. The summed E-state index contributed by atoms with van der Waals surface area (Å²) in [5, 5.41) is 1.12. The van der Waals surface area contributed by atoms with Crippen molar-refractivity contribution in [2.75, 3.05) is 5.33 Å². The quantitative estimate of drug-likeness (QED) is 0.520. The molecule has 0 aliphatic carbocycles. The van der Waals surface area contributed by atoms with Crippen molar-refractivity contribution in [2.45, 2.75) is 38.4 Å². The molecular formula is C9H15BrO2. The second kappa shape index (κ2) is 6.35. The molecule has 0 atom stereocenters. The van der Waals surface area contributed by atoms with Crippen molar-refractivity contribution >= 4 is 15.9 Å². The first-order chi connectivity index (χ1) is 5.93. The smallest absolute Gasteiger partial charge is 0.239 e. The van der Waals surface area contributed by atoms with Crippen molar-refractivity contribution in [3.63, 3.8) is 0 Å². The fraction of sp³-hybridized carbons (Fsp3) is 0.778. The molecule has 12 heavy (non-hydrogen) atoms. The molecule has 0 aromatic heterocycles. The molecule has 0 saturated carbocycles. The summed E-state index contributed by atoms with van der Waals surface area (Å²) in [6, 6.07) is 0. The van der Waals surface area contributed by atoms with Gasteiger partial charge in [-0.25, -0.2) is 0 Å².